The average molecular weight is 258 g/mol. The molecule has 0 saturated carbocycles. The Morgan fingerprint density at radius 3 is 2.80 bits per heavy atom. The minimum absolute atomic E-state index is 0.444. The predicted octanol–water partition coefficient (Wildman–Crippen LogP) is 4.51. The molecule has 1 nitrogen and oxygen atoms in total. The smallest absolute Gasteiger partial charge is 0.125 e. The normalized spacial score (nSPS) is 10.6. The maximum Gasteiger partial charge on any atom is 0.125 e. The van der Waals surface area contributed by atoms with Gasteiger partial charge in [-0.3, -0.25) is 0 Å². The number of alkyl halides is 1. The number of thiazole rings is 1. The number of halogens is 2. The summed E-state index contributed by atoms with van der Waals surface area (Å²) in [6, 6.07) is 5.97. The number of rotatable bonds is 2. The topological polar surface area (TPSA) is 12.9 Å². The van der Waals surface area contributed by atoms with Crippen molar-refractivity contribution in [2.24, 2.45) is 0 Å². The molecule has 0 radical (unpaired) electrons. The third-order valence-electron chi connectivity index (χ3n) is 2.04. The Morgan fingerprint density at radius 1 is 1.40 bits per heavy atom. The predicted molar refractivity (Wildman–Crippen MR) is 66.9 cm³/mol. The number of hydrogen-bond acceptors (Lipinski definition) is 2. The molecule has 0 fully saturated rings. The van der Waals surface area contributed by atoms with E-state index >= 15 is 0 Å². The molecule has 0 atom stereocenters. The van der Waals surface area contributed by atoms with E-state index in [0.717, 1.165) is 26.9 Å². The van der Waals surface area contributed by atoms with Crippen LogP contribution in [-0.4, -0.2) is 4.98 Å². The maximum atomic E-state index is 6.15. The lowest BCUT2D eigenvalue weighted by atomic mass is 10.1. The zero-order valence-corrected chi connectivity index (χ0v) is 10.5. The van der Waals surface area contributed by atoms with Gasteiger partial charge < -0.3 is 0 Å². The Hall–Kier alpha value is -0.570. The SMILES string of the molecule is Cc1ccc(-c2nc(CCl)cs2)c(Cl)c1. The van der Waals surface area contributed by atoms with E-state index in [2.05, 4.69) is 4.98 Å². The third kappa shape index (κ3) is 2.33. The molecule has 0 saturated heterocycles. The summed E-state index contributed by atoms with van der Waals surface area (Å²) in [7, 11) is 0. The highest BCUT2D eigenvalue weighted by Crippen LogP contribution is 2.31. The van der Waals surface area contributed by atoms with Gasteiger partial charge in [-0.25, -0.2) is 4.98 Å². The molecule has 0 unspecified atom stereocenters. The van der Waals surface area contributed by atoms with E-state index in [9.17, 15) is 0 Å². The molecule has 1 heterocycles. The highest BCUT2D eigenvalue weighted by Gasteiger charge is 2.07. The fraction of sp³-hybridized carbons (Fsp3) is 0.182. The summed E-state index contributed by atoms with van der Waals surface area (Å²) < 4.78 is 0. The van der Waals surface area contributed by atoms with Crippen molar-refractivity contribution in [1.82, 2.24) is 4.98 Å². The largest absolute Gasteiger partial charge is 0.240 e. The van der Waals surface area contributed by atoms with Crippen LogP contribution in [0.4, 0.5) is 0 Å². The van der Waals surface area contributed by atoms with Crippen molar-refractivity contribution >= 4 is 34.5 Å². The maximum absolute atomic E-state index is 6.15. The fourth-order valence-electron chi connectivity index (χ4n) is 1.29. The molecule has 1 aromatic heterocycles. The van der Waals surface area contributed by atoms with Crippen molar-refractivity contribution in [2.75, 3.05) is 0 Å². The molecule has 4 heteroatoms. The van der Waals surface area contributed by atoms with Crippen LogP contribution in [-0.2, 0) is 5.88 Å². The van der Waals surface area contributed by atoms with E-state index in [1.54, 1.807) is 11.3 Å². The van der Waals surface area contributed by atoms with Gasteiger partial charge in [-0.2, -0.15) is 0 Å². The van der Waals surface area contributed by atoms with Crippen LogP contribution in [0.1, 0.15) is 11.3 Å². The van der Waals surface area contributed by atoms with Gasteiger partial charge in [0.15, 0.2) is 0 Å². The number of hydrogen-bond donors (Lipinski definition) is 0. The zero-order chi connectivity index (χ0) is 10.8. The molecule has 2 aromatic rings. The van der Waals surface area contributed by atoms with Crippen LogP contribution in [0.2, 0.25) is 5.02 Å². The van der Waals surface area contributed by atoms with Crippen molar-refractivity contribution in [3.8, 4) is 10.6 Å². The highest BCUT2D eigenvalue weighted by atomic mass is 35.5. The van der Waals surface area contributed by atoms with Gasteiger partial charge in [0.25, 0.3) is 0 Å². The van der Waals surface area contributed by atoms with Crippen LogP contribution in [0, 0.1) is 6.92 Å². The second-order valence-electron chi connectivity index (χ2n) is 3.26. The van der Waals surface area contributed by atoms with Crippen LogP contribution in [0.25, 0.3) is 10.6 Å². The average Bonchev–Trinajstić information content (AvgIpc) is 2.66. The van der Waals surface area contributed by atoms with E-state index < -0.39 is 0 Å². The number of nitrogens with zero attached hydrogens (tertiary/aromatic N) is 1. The van der Waals surface area contributed by atoms with Crippen molar-refractivity contribution in [2.45, 2.75) is 12.8 Å². The van der Waals surface area contributed by atoms with E-state index in [1.807, 2.05) is 30.5 Å². The van der Waals surface area contributed by atoms with Gasteiger partial charge in [0.1, 0.15) is 5.01 Å². The van der Waals surface area contributed by atoms with E-state index in [4.69, 9.17) is 23.2 Å². The van der Waals surface area contributed by atoms with Gasteiger partial charge >= 0.3 is 0 Å². The monoisotopic (exact) mass is 257 g/mol. The second kappa shape index (κ2) is 4.52. The first kappa shape index (κ1) is 10.9. The van der Waals surface area contributed by atoms with Crippen molar-refractivity contribution in [1.29, 1.82) is 0 Å². The van der Waals surface area contributed by atoms with Gasteiger partial charge in [-0.15, -0.1) is 22.9 Å². The lowest BCUT2D eigenvalue weighted by molar-refractivity contribution is 1.23. The Balaban J connectivity index is 2.44. The van der Waals surface area contributed by atoms with E-state index in [1.165, 1.54) is 0 Å². The van der Waals surface area contributed by atoms with Gasteiger partial charge in [-0.1, -0.05) is 23.7 Å². The summed E-state index contributed by atoms with van der Waals surface area (Å²) in [6.07, 6.45) is 0. The Kier molecular flexibility index (Phi) is 3.29. The summed E-state index contributed by atoms with van der Waals surface area (Å²) in [5.41, 5.74) is 3.02. The molecule has 1 aromatic carbocycles. The summed E-state index contributed by atoms with van der Waals surface area (Å²) >= 11 is 13.4. The molecular formula is C11H9Cl2NS. The fourth-order valence-corrected chi connectivity index (χ4v) is 2.75. The minimum atomic E-state index is 0.444. The van der Waals surface area contributed by atoms with Crippen molar-refractivity contribution in [3.63, 3.8) is 0 Å². The van der Waals surface area contributed by atoms with Crippen LogP contribution >= 0.6 is 34.5 Å². The lowest BCUT2D eigenvalue weighted by Crippen LogP contribution is -1.82. The summed E-state index contributed by atoms with van der Waals surface area (Å²) in [5, 5.41) is 3.62. The van der Waals surface area contributed by atoms with Crippen LogP contribution in [0.3, 0.4) is 0 Å². The standard InChI is InChI=1S/C11H9Cl2NS/c1-7-2-3-9(10(13)4-7)11-14-8(5-12)6-15-11/h2-4,6H,5H2,1H3. The van der Waals surface area contributed by atoms with E-state index in [-0.39, 0.29) is 0 Å². The van der Waals surface area contributed by atoms with Crippen LogP contribution in [0.5, 0.6) is 0 Å². The molecule has 0 amide bonds. The van der Waals surface area contributed by atoms with Crippen molar-refractivity contribution < 1.29 is 0 Å². The molecule has 15 heavy (non-hydrogen) atoms. The molecular weight excluding hydrogens is 249 g/mol. The highest BCUT2D eigenvalue weighted by molar-refractivity contribution is 7.13. The molecule has 2 rings (SSSR count). The first-order valence-corrected chi connectivity index (χ1v) is 6.27. The van der Waals surface area contributed by atoms with Gasteiger partial charge in [0.05, 0.1) is 16.6 Å². The number of aromatic nitrogens is 1. The first-order valence-electron chi connectivity index (χ1n) is 4.47. The number of aryl methyl sites for hydroxylation is 1. The molecule has 0 bridgehead atoms. The van der Waals surface area contributed by atoms with Gasteiger partial charge in [0.2, 0.25) is 0 Å². The molecule has 0 aliphatic carbocycles. The van der Waals surface area contributed by atoms with Crippen molar-refractivity contribution in [3.05, 3.63) is 39.9 Å². The summed E-state index contributed by atoms with van der Waals surface area (Å²) in [6.45, 7) is 2.02. The van der Waals surface area contributed by atoms with E-state index in [0.29, 0.717) is 5.88 Å². The first-order chi connectivity index (χ1) is 7.20. The Bertz CT molecular complexity index is 479. The molecule has 0 spiro atoms. The lowest BCUT2D eigenvalue weighted by Gasteiger charge is -2.01. The Morgan fingerprint density at radius 2 is 2.20 bits per heavy atom. The third-order valence-corrected chi connectivity index (χ3v) is 3.55. The Labute approximate surface area is 103 Å². The minimum Gasteiger partial charge on any atom is -0.240 e. The van der Waals surface area contributed by atoms with Gasteiger partial charge in [0, 0.05) is 10.9 Å². The quantitative estimate of drug-likeness (QED) is 0.722. The van der Waals surface area contributed by atoms with Gasteiger partial charge in [-0.05, 0) is 18.6 Å². The molecule has 0 aliphatic rings. The summed E-state index contributed by atoms with van der Waals surface area (Å²) in [4.78, 5) is 4.39. The zero-order valence-electron chi connectivity index (χ0n) is 8.13. The summed E-state index contributed by atoms with van der Waals surface area (Å²) in [5.74, 6) is 0.444. The second-order valence-corrected chi connectivity index (χ2v) is 4.79. The molecule has 0 aliphatic heterocycles. The van der Waals surface area contributed by atoms with Crippen LogP contribution in [0.15, 0.2) is 23.6 Å². The van der Waals surface area contributed by atoms with Crippen LogP contribution < -0.4 is 0 Å². The molecule has 78 valence electrons. The number of benzene rings is 1. The molecule has 0 N–H and O–H groups in total.